The summed E-state index contributed by atoms with van der Waals surface area (Å²) in [6, 6.07) is 6.12. The van der Waals surface area contributed by atoms with Crippen LogP contribution in [-0.2, 0) is 14.3 Å². The fourth-order valence-corrected chi connectivity index (χ4v) is 3.32. The van der Waals surface area contributed by atoms with Crippen LogP contribution in [0.1, 0.15) is 13.8 Å². The SMILES string of the molecule is CC(CSc1ccc(F)cc1)C(=O)N1CC(C(=O)O)O[C@H](C)C1. The first-order valence-corrected chi connectivity index (χ1v) is 8.40. The Hall–Kier alpha value is -1.60. The smallest absolute Gasteiger partial charge is 0.334 e. The molecule has 0 aliphatic carbocycles. The molecule has 1 amide bonds. The number of carbonyl (C=O) groups is 2. The highest BCUT2D eigenvalue weighted by Gasteiger charge is 2.34. The summed E-state index contributed by atoms with van der Waals surface area (Å²) in [5, 5.41) is 9.07. The average molecular weight is 341 g/mol. The van der Waals surface area contributed by atoms with Crippen LogP contribution in [0, 0.1) is 11.7 Å². The van der Waals surface area contributed by atoms with E-state index in [0.29, 0.717) is 12.3 Å². The highest BCUT2D eigenvalue weighted by molar-refractivity contribution is 7.99. The molecule has 3 atom stereocenters. The second kappa shape index (κ2) is 7.79. The third-order valence-electron chi connectivity index (χ3n) is 3.58. The van der Waals surface area contributed by atoms with Gasteiger partial charge in [0.1, 0.15) is 5.82 Å². The molecule has 1 aromatic carbocycles. The summed E-state index contributed by atoms with van der Waals surface area (Å²) in [4.78, 5) is 26.0. The molecule has 1 aliphatic rings. The van der Waals surface area contributed by atoms with Gasteiger partial charge in [-0.15, -0.1) is 11.8 Å². The van der Waals surface area contributed by atoms with E-state index in [1.54, 1.807) is 24.0 Å². The van der Waals surface area contributed by atoms with E-state index in [2.05, 4.69) is 0 Å². The number of carboxylic acids is 1. The van der Waals surface area contributed by atoms with Crippen LogP contribution in [0.25, 0.3) is 0 Å². The molecule has 0 spiro atoms. The average Bonchev–Trinajstić information content (AvgIpc) is 2.52. The second-order valence-electron chi connectivity index (χ2n) is 5.68. The van der Waals surface area contributed by atoms with Crippen molar-refractivity contribution >= 4 is 23.6 Å². The van der Waals surface area contributed by atoms with Gasteiger partial charge in [-0.05, 0) is 31.2 Å². The molecule has 0 aromatic heterocycles. The molecule has 23 heavy (non-hydrogen) atoms. The van der Waals surface area contributed by atoms with Gasteiger partial charge in [-0.1, -0.05) is 6.92 Å². The maximum absolute atomic E-state index is 12.9. The van der Waals surface area contributed by atoms with E-state index in [9.17, 15) is 14.0 Å². The number of thioether (sulfide) groups is 1. The van der Waals surface area contributed by atoms with Gasteiger partial charge in [0, 0.05) is 23.1 Å². The normalized spacial score (nSPS) is 22.7. The van der Waals surface area contributed by atoms with E-state index in [1.807, 2.05) is 6.92 Å². The standard InChI is InChI=1S/C16H20FNO4S/c1-10(9-23-13-5-3-12(17)4-6-13)15(19)18-7-11(2)22-14(8-18)16(20)21/h3-6,10-11,14H,7-9H2,1-2H3,(H,20,21)/t10?,11-,14?/m1/s1. The number of carbonyl (C=O) groups excluding carboxylic acids is 1. The van der Waals surface area contributed by atoms with Crippen LogP contribution in [0.15, 0.2) is 29.2 Å². The summed E-state index contributed by atoms with van der Waals surface area (Å²) in [6.07, 6.45) is -1.27. The van der Waals surface area contributed by atoms with Crippen molar-refractivity contribution in [3.63, 3.8) is 0 Å². The summed E-state index contributed by atoms with van der Waals surface area (Å²) < 4.78 is 18.2. The lowest BCUT2D eigenvalue weighted by molar-refractivity contribution is -0.167. The largest absolute Gasteiger partial charge is 0.479 e. The van der Waals surface area contributed by atoms with Gasteiger partial charge >= 0.3 is 5.97 Å². The Kier molecular flexibility index (Phi) is 6.01. The quantitative estimate of drug-likeness (QED) is 0.832. The Balaban J connectivity index is 1.90. The number of halogens is 1. The third kappa shape index (κ3) is 4.94. The van der Waals surface area contributed by atoms with Crippen LogP contribution in [0.4, 0.5) is 4.39 Å². The van der Waals surface area contributed by atoms with E-state index in [-0.39, 0.29) is 30.3 Å². The highest BCUT2D eigenvalue weighted by Crippen LogP contribution is 2.23. The Labute approximate surface area is 138 Å². The number of nitrogens with zero attached hydrogens (tertiary/aromatic N) is 1. The molecule has 1 fully saturated rings. The maximum Gasteiger partial charge on any atom is 0.334 e. The zero-order valence-electron chi connectivity index (χ0n) is 13.1. The van der Waals surface area contributed by atoms with E-state index in [0.717, 1.165) is 4.90 Å². The highest BCUT2D eigenvalue weighted by atomic mass is 32.2. The van der Waals surface area contributed by atoms with Crippen molar-refractivity contribution in [2.24, 2.45) is 5.92 Å². The molecule has 1 heterocycles. The lowest BCUT2D eigenvalue weighted by atomic mass is 10.1. The van der Waals surface area contributed by atoms with E-state index >= 15 is 0 Å². The first kappa shape index (κ1) is 17.7. The Bertz CT molecular complexity index is 566. The number of hydrogen-bond donors (Lipinski definition) is 1. The molecular formula is C16H20FNO4S. The van der Waals surface area contributed by atoms with Crippen LogP contribution < -0.4 is 0 Å². The number of rotatable bonds is 5. The molecule has 0 radical (unpaired) electrons. The minimum atomic E-state index is -1.05. The Morgan fingerprint density at radius 3 is 2.65 bits per heavy atom. The molecule has 1 aromatic rings. The fourth-order valence-electron chi connectivity index (χ4n) is 2.40. The van der Waals surface area contributed by atoms with Crippen molar-refractivity contribution in [3.05, 3.63) is 30.1 Å². The maximum atomic E-state index is 12.9. The molecule has 2 rings (SSSR count). The molecule has 126 valence electrons. The minimum Gasteiger partial charge on any atom is -0.479 e. The topological polar surface area (TPSA) is 66.8 Å². The molecule has 0 saturated carbocycles. The number of ether oxygens (including phenoxy) is 1. The molecule has 1 saturated heterocycles. The van der Waals surface area contributed by atoms with Crippen molar-refractivity contribution in [2.45, 2.75) is 31.0 Å². The van der Waals surface area contributed by atoms with Crippen LogP contribution in [-0.4, -0.2) is 52.9 Å². The number of hydrogen-bond acceptors (Lipinski definition) is 4. The molecule has 7 heteroatoms. The van der Waals surface area contributed by atoms with Gasteiger partial charge < -0.3 is 14.7 Å². The van der Waals surface area contributed by atoms with Crippen molar-refractivity contribution < 1.29 is 23.8 Å². The molecule has 1 N–H and O–H groups in total. The first-order chi connectivity index (χ1) is 10.9. The van der Waals surface area contributed by atoms with Crippen molar-refractivity contribution in [2.75, 3.05) is 18.8 Å². The predicted octanol–water partition coefficient (Wildman–Crippen LogP) is 2.25. The Morgan fingerprint density at radius 2 is 2.04 bits per heavy atom. The lowest BCUT2D eigenvalue weighted by Crippen LogP contribution is -2.53. The summed E-state index contributed by atoms with van der Waals surface area (Å²) in [5.74, 6) is -1.14. The number of aliphatic carboxylic acids is 1. The van der Waals surface area contributed by atoms with Crippen molar-refractivity contribution in [1.82, 2.24) is 4.90 Å². The summed E-state index contributed by atoms with van der Waals surface area (Å²) in [6.45, 7) is 4.04. The van der Waals surface area contributed by atoms with Crippen LogP contribution in [0.5, 0.6) is 0 Å². The molecule has 5 nitrogen and oxygen atoms in total. The molecule has 0 bridgehead atoms. The number of benzene rings is 1. The van der Waals surface area contributed by atoms with E-state index in [1.165, 1.54) is 23.9 Å². The predicted molar refractivity (Wildman–Crippen MR) is 84.8 cm³/mol. The number of carboxylic acid groups (broad SMARTS) is 1. The fraction of sp³-hybridized carbons (Fsp3) is 0.500. The summed E-state index contributed by atoms with van der Waals surface area (Å²) in [7, 11) is 0. The zero-order valence-corrected chi connectivity index (χ0v) is 13.9. The molecule has 2 unspecified atom stereocenters. The lowest BCUT2D eigenvalue weighted by Gasteiger charge is -2.36. The molecule has 1 aliphatic heterocycles. The van der Waals surface area contributed by atoms with Gasteiger partial charge in [0.05, 0.1) is 12.6 Å². The van der Waals surface area contributed by atoms with Gasteiger partial charge in [-0.3, -0.25) is 4.79 Å². The number of amides is 1. The molecular weight excluding hydrogens is 321 g/mol. The van der Waals surface area contributed by atoms with Gasteiger partial charge in [0.2, 0.25) is 5.91 Å². The van der Waals surface area contributed by atoms with E-state index < -0.39 is 12.1 Å². The van der Waals surface area contributed by atoms with Crippen molar-refractivity contribution in [1.29, 1.82) is 0 Å². The third-order valence-corrected chi connectivity index (χ3v) is 4.85. The Morgan fingerprint density at radius 1 is 1.39 bits per heavy atom. The minimum absolute atomic E-state index is 0.0735. The monoisotopic (exact) mass is 341 g/mol. The van der Waals surface area contributed by atoms with Gasteiger partial charge in [0.15, 0.2) is 6.10 Å². The van der Waals surface area contributed by atoms with Gasteiger partial charge in [-0.25, -0.2) is 9.18 Å². The van der Waals surface area contributed by atoms with E-state index in [4.69, 9.17) is 9.84 Å². The zero-order chi connectivity index (χ0) is 17.0. The summed E-state index contributed by atoms with van der Waals surface area (Å²) >= 11 is 1.48. The van der Waals surface area contributed by atoms with Crippen LogP contribution in [0.2, 0.25) is 0 Å². The summed E-state index contributed by atoms with van der Waals surface area (Å²) in [5.41, 5.74) is 0. The van der Waals surface area contributed by atoms with Crippen molar-refractivity contribution in [3.8, 4) is 0 Å². The van der Waals surface area contributed by atoms with Gasteiger partial charge in [0.25, 0.3) is 0 Å². The number of morpholine rings is 1. The first-order valence-electron chi connectivity index (χ1n) is 7.42. The van der Waals surface area contributed by atoms with Crippen LogP contribution >= 0.6 is 11.8 Å². The van der Waals surface area contributed by atoms with Gasteiger partial charge in [-0.2, -0.15) is 0 Å². The second-order valence-corrected chi connectivity index (χ2v) is 6.78. The van der Waals surface area contributed by atoms with Crippen LogP contribution in [0.3, 0.4) is 0 Å².